The first-order valence-electron chi connectivity index (χ1n) is 8.02. The summed E-state index contributed by atoms with van der Waals surface area (Å²) in [5.41, 5.74) is 1.42. The summed E-state index contributed by atoms with van der Waals surface area (Å²) < 4.78 is 5.14. The van der Waals surface area contributed by atoms with Crippen molar-refractivity contribution in [2.45, 2.75) is 18.9 Å². The van der Waals surface area contributed by atoms with Crippen LogP contribution in [-0.2, 0) is 0 Å². The fourth-order valence-corrected chi connectivity index (χ4v) is 3.49. The van der Waals surface area contributed by atoms with Crippen LogP contribution < -0.4 is 15.4 Å². The van der Waals surface area contributed by atoms with Gasteiger partial charge in [-0.1, -0.05) is 0 Å². The molecule has 1 saturated heterocycles. The van der Waals surface area contributed by atoms with Gasteiger partial charge in [-0.2, -0.15) is 0 Å². The van der Waals surface area contributed by atoms with E-state index in [1.54, 1.807) is 7.11 Å². The van der Waals surface area contributed by atoms with Crippen molar-refractivity contribution in [3.05, 3.63) is 35.3 Å². The van der Waals surface area contributed by atoms with Crippen molar-refractivity contribution in [2.24, 2.45) is 0 Å². The molecular weight excluding hydrogens is 324 g/mol. The number of aromatic nitrogens is 1. The van der Waals surface area contributed by atoms with Crippen LogP contribution in [0.4, 0.5) is 10.8 Å². The normalized spacial score (nSPS) is 17.6. The molecule has 1 fully saturated rings. The Balaban J connectivity index is 1.64. The number of likely N-dealkylation sites (tertiary alicyclic amines) is 1. The fourth-order valence-electron chi connectivity index (χ4n) is 2.79. The second-order valence-corrected chi connectivity index (χ2v) is 6.63. The Hall–Kier alpha value is -2.12. The summed E-state index contributed by atoms with van der Waals surface area (Å²) in [5, 5.41) is 9.01. The van der Waals surface area contributed by atoms with Gasteiger partial charge in [0.2, 0.25) is 0 Å². The molecule has 2 N–H and O–H groups in total. The first-order chi connectivity index (χ1) is 11.7. The van der Waals surface area contributed by atoms with Crippen molar-refractivity contribution in [2.75, 3.05) is 32.6 Å². The molecule has 1 unspecified atom stereocenters. The van der Waals surface area contributed by atoms with Gasteiger partial charge in [-0.3, -0.25) is 4.79 Å². The van der Waals surface area contributed by atoms with E-state index in [9.17, 15) is 4.79 Å². The molecule has 1 amide bonds. The molecule has 2 aromatic rings. The summed E-state index contributed by atoms with van der Waals surface area (Å²) >= 11 is 1.44. The smallest absolute Gasteiger partial charge is 0.273 e. The van der Waals surface area contributed by atoms with Gasteiger partial charge in [0.1, 0.15) is 11.4 Å². The van der Waals surface area contributed by atoms with E-state index >= 15 is 0 Å². The van der Waals surface area contributed by atoms with Crippen LogP contribution in [0, 0.1) is 0 Å². The first-order valence-corrected chi connectivity index (χ1v) is 8.90. The van der Waals surface area contributed by atoms with Gasteiger partial charge >= 0.3 is 0 Å². The Bertz CT molecular complexity index is 686. The number of carbonyl (C=O) groups excluding carboxylic acids is 1. The highest BCUT2D eigenvalue weighted by Gasteiger charge is 2.25. The number of thiazole rings is 1. The molecule has 6 nitrogen and oxygen atoms in total. The number of rotatable bonds is 5. The summed E-state index contributed by atoms with van der Waals surface area (Å²) in [7, 11) is 3.58. The van der Waals surface area contributed by atoms with Gasteiger partial charge in [0, 0.05) is 30.2 Å². The highest BCUT2D eigenvalue weighted by atomic mass is 32.1. The van der Waals surface area contributed by atoms with E-state index in [1.165, 1.54) is 11.3 Å². The molecule has 1 aliphatic rings. The molecule has 0 radical (unpaired) electrons. The van der Waals surface area contributed by atoms with Crippen LogP contribution in [0.25, 0.3) is 0 Å². The van der Waals surface area contributed by atoms with E-state index < -0.39 is 0 Å². The Kier molecular flexibility index (Phi) is 5.32. The van der Waals surface area contributed by atoms with Gasteiger partial charge in [-0.15, -0.1) is 11.3 Å². The summed E-state index contributed by atoms with van der Waals surface area (Å²) in [5.74, 6) is 0.814. The minimum absolute atomic E-state index is 0.00832. The largest absolute Gasteiger partial charge is 0.497 e. The molecule has 0 aliphatic carbocycles. The maximum absolute atomic E-state index is 12.6. The van der Waals surface area contributed by atoms with Crippen LogP contribution in [0.2, 0.25) is 0 Å². The maximum Gasteiger partial charge on any atom is 0.273 e. The third-order valence-corrected chi connectivity index (χ3v) is 4.94. The third-order valence-electron chi connectivity index (χ3n) is 4.18. The molecule has 1 atom stereocenters. The molecule has 0 spiro atoms. The number of ether oxygens (including phenoxy) is 1. The van der Waals surface area contributed by atoms with Gasteiger partial charge < -0.3 is 20.3 Å². The molecule has 1 aliphatic heterocycles. The fraction of sp³-hybridized carbons (Fsp3) is 0.412. The number of piperidine rings is 1. The van der Waals surface area contributed by atoms with E-state index in [0.717, 1.165) is 37.4 Å². The zero-order valence-corrected chi connectivity index (χ0v) is 14.7. The van der Waals surface area contributed by atoms with Gasteiger partial charge in [0.05, 0.1) is 7.11 Å². The molecule has 2 heterocycles. The predicted octanol–water partition coefficient (Wildman–Crippen LogP) is 2.72. The summed E-state index contributed by atoms with van der Waals surface area (Å²) in [6.07, 6.45) is 2.14. The van der Waals surface area contributed by atoms with Gasteiger partial charge in [0.15, 0.2) is 5.13 Å². The maximum atomic E-state index is 12.6. The highest BCUT2D eigenvalue weighted by Crippen LogP contribution is 2.24. The van der Waals surface area contributed by atoms with E-state index in [1.807, 2.05) is 41.6 Å². The van der Waals surface area contributed by atoms with E-state index in [2.05, 4.69) is 15.6 Å². The lowest BCUT2D eigenvalue weighted by molar-refractivity contribution is 0.0693. The molecule has 128 valence electrons. The Morgan fingerprint density at radius 3 is 2.88 bits per heavy atom. The second kappa shape index (κ2) is 7.63. The molecule has 24 heavy (non-hydrogen) atoms. The van der Waals surface area contributed by atoms with Gasteiger partial charge in [-0.25, -0.2) is 4.98 Å². The minimum atomic E-state index is 0.00832. The molecule has 1 aromatic carbocycles. The second-order valence-electron chi connectivity index (χ2n) is 5.77. The number of methoxy groups -OCH3 is 1. The van der Waals surface area contributed by atoms with Crippen molar-refractivity contribution in [1.82, 2.24) is 15.2 Å². The van der Waals surface area contributed by atoms with Crippen LogP contribution >= 0.6 is 11.3 Å². The molecular formula is C17H22N4O2S. The van der Waals surface area contributed by atoms with Gasteiger partial charge in [0.25, 0.3) is 5.91 Å². The van der Waals surface area contributed by atoms with Crippen molar-refractivity contribution in [3.8, 4) is 5.75 Å². The Morgan fingerprint density at radius 1 is 1.38 bits per heavy atom. The van der Waals surface area contributed by atoms with Crippen molar-refractivity contribution < 1.29 is 9.53 Å². The van der Waals surface area contributed by atoms with Crippen LogP contribution in [0.5, 0.6) is 5.75 Å². The van der Waals surface area contributed by atoms with Crippen LogP contribution in [0.1, 0.15) is 23.3 Å². The van der Waals surface area contributed by atoms with Crippen molar-refractivity contribution >= 4 is 28.1 Å². The molecule has 1 aromatic heterocycles. The lowest BCUT2D eigenvalue weighted by atomic mass is 10.1. The number of likely N-dealkylation sites (N-methyl/N-ethyl adjacent to an activating group) is 1. The molecule has 7 heteroatoms. The first kappa shape index (κ1) is 16.7. The summed E-state index contributed by atoms with van der Waals surface area (Å²) in [4.78, 5) is 18.9. The Labute approximate surface area is 145 Å². The number of amides is 1. The van der Waals surface area contributed by atoms with E-state index in [-0.39, 0.29) is 5.91 Å². The lowest BCUT2D eigenvalue weighted by Gasteiger charge is -2.32. The molecule has 0 saturated carbocycles. The van der Waals surface area contributed by atoms with Crippen molar-refractivity contribution in [1.29, 1.82) is 0 Å². The summed E-state index contributed by atoms with van der Waals surface area (Å²) in [6, 6.07) is 7.98. The number of hydrogen-bond donors (Lipinski definition) is 2. The number of anilines is 2. The van der Waals surface area contributed by atoms with Crippen LogP contribution in [0.3, 0.4) is 0 Å². The standard InChI is InChI=1S/C17H22N4O2S/c1-18-13-4-3-9-21(10-13)16(22)15-11-24-17(20-15)19-12-5-7-14(23-2)8-6-12/h5-8,11,13,18H,3-4,9-10H2,1-2H3,(H,19,20). The van der Waals surface area contributed by atoms with E-state index in [4.69, 9.17) is 4.74 Å². The zero-order chi connectivity index (χ0) is 16.9. The lowest BCUT2D eigenvalue weighted by Crippen LogP contribution is -2.47. The van der Waals surface area contributed by atoms with Crippen LogP contribution in [-0.4, -0.2) is 49.1 Å². The molecule has 0 bridgehead atoms. The zero-order valence-electron chi connectivity index (χ0n) is 13.9. The number of nitrogens with zero attached hydrogens (tertiary/aromatic N) is 2. The summed E-state index contributed by atoms with van der Waals surface area (Å²) in [6.45, 7) is 1.55. The highest BCUT2D eigenvalue weighted by molar-refractivity contribution is 7.14. The molecule has 3 rings (SSSR count). The average molecular weight is 346 g/mol. The monoisotopic (exact) mass is 346 g/mol. The van der Waals surface area contributed by atoms with Gasteiger partial charge in [-0.05, 0) is 44.2 Å². The topological polar surface area (TPSA) is 66.5 Å². The van der Waals surface area contributed by atoms with Crippen molar-refractivity contribution in [3.63, 3.8) is 0 Å². The predicted molar refractivity (Wildman–Crippen MR) is 96.4 cm³/mol. The SMILES string of the molecule is CNC1CCCN(C(=O)c2csc(Nc3ccc(OC)cc3)n2)C1. The third kappa shape index (κ3) is 3.85. The average Bonchev–Trinajstić information content (AvgIpc) is 3.10. The number of benzene rings is 1. The number of nitrogens with one attached hydrogen (secondary N) is 2. The quantitative estimate of drug-likeness (QED) is 0.871. The minimum Gasteiger partial charge on any atom is -0.497 e. The number of hydrogen-bond acceptors (Lipinski definition) is 6. The Morgan fingerprint density at radius 2 is 2.17 bits per heavy atom. The number of carbonyl (C=O) groups is 1. The van der Waals surface area contributed by atoms with E-state index in [0.29, 0.717) is 16.9 Å². The van der Waals surface area contributed by atoms with Crippen LogP contribution in [0.15, 0.2) is 29.6 Å².